The number of hydrogen-bond acceptors (Lipinski definition) is 3. The molecule has 0 spiro atoms. The van der Waals surface area contributed by atoms with Crippen molar-refractivity contribution in [2.45, 2.75) is 50.9 Å². The number of urea groups is 1. The minimum atomic E-state index is -4.21. The molecule has 1 aliphatic rings. The van der Waals surface area contributed by atoms with Gasteiger partial charge in [-0.15, -0.1) is 0 Å². The van der Waals surface area contributed by atoms with Crippen LogP contribution in [0.15, 0.2) is 0 Å². The van der Waals surface area contributed by atoms with Crippen molar-refractivity contribution >= 4 is 6.03 Å². The molecule has 1 heterocycles. The van der Waals surface area contributed by atoms with Crippen LogP contribution in [0.1, 0.15) is 33.1 Å². The third-order valence-corrected chi connectivity index (χ3v) is 3.90. The third kappa shape index (κ3) is 6.52. The molecule has 1 aliphatic heterocycles. The number of nitrogens with zero attached hydrogens (tertiary/aromatic N) is 1. The van der Waals surface area contributed by atoms with E-state index in [0.717, 1.165) is 0 Å². The number of likely N-dealkylation sites (tertiary alicyclic amines) is 1. The Morgan fingerprint density at radius 3 is 2.48 bits per heavy atom. The van der Waals surface area contributed by atoms with E-state index in [2.05, 4.69) is 10.6 Å². The summed E-state index contributed by atoms with van der Waals surface area (Å²) in [7, 11) is 0. The minimum Gasteiger partial charge on any atom is -0.388 e. The van der Waals surface area contributed by atoms with Crippen LogP contribution in [0, 0.1) is 0 Å². The number of rotatable bonds is 6. The zero-order valence-electron chi connectivity index (χ0n) is 12.5. The quantitative estimate of drug-likeness (QED) is 0.696. The Balaban J connectivity index is 2.30. The molecular formula is C13H24F3N3O2. The molecule has 0 aromatic rings. The predicted octanol–water partition coefficient (Wildman–Crippen LogP) is 1.47. The van der Waals surface area contributed by atoms with Crippen molar-refractivity contribution in [2.24, 2.45) is 0 Å². The number of carbonyl (C=O) groups excluding carboxylic acids is 1. The number of amides is 2. The van der Waals surface area contributed by atoms with Crippen molar-refractivity contribution in [3.8, 4) is 0 Å². The van der Waals surface area contributed by atoms with Gasteiger partial charge < -0.3 is 15.7 Å². The van der Waals surface area contributed by atoms with Gasteiger partial charge in [-0.25, -0.2) is 4.79 Å². The van der Waals surface area contributed by atoms with E-state index in [1.54, 1.807) is 0 Å². The standard InChI is InChI=1S/C13H24F3N3O2/c1-3-12(21,4-2)8-17-11(20)18-10-5-6-19(7-10)9-13(14,15)16/h10,21H,3-9H2,1-2H3,(H2,17,18,20). The van der Waals surface area contributed by atoms with Crippen molar-refractivity contribution in [3.05, 3.63) is 0 Å². The van der Waals surface area contributed by atoms with Crippen LogP contribution in [0.5, 0.6) is 0 Å². The molecule has 0 radical (unpaired) electrons. The molecule has 3 N–H and O–H groups in total. The van der Waals surface area contributed by atoms with E-state index in [1.165, 1.54) is 4.90 Å². The van der Waals surface area contributed by atoms with Crippen LogP contribution in [0.25, 0.3) is 0 Å². The lowest BCUT2D eigenvalue weighted by Gasteiger charge is -2.26. The maximum Gasteiger partial charge on any atom is 0.401 e. The molecule has 0 bridgehead atoms. The summed E-state index contributed by atoms with van der Waals surface area (Å²) in [5.41, 5.74) is -0.935. The van der Waals surface area contributed by atoms with Crippen LogP contribution >= 0.6 is 0 Å². The molecule has 1 unspecified atom stereocenters. The molecule has 5 nitrogen and oxygen atoms in total. The van der Waals surface area contributed by atoms with Crippen LogP contribution in [0.4, 0.5) is 18.0 Å². The Bertz CT molecular complexity index is 346. The summed E-state index contributed by atoms with van der Waals surface area (Å²) in [6.45, 7) is 3.35. The van der Waals surface area contributed by atoms with Gasteiger partial charge in [-0.05, 0) is 19.3 Å². The van der Waals surface area contributed by atoms with Crippen molar-refractivity contribution in [2.75, 3.05) is 26.2 Å². The lowest BCUT2D eigenvalue weighted by molar-refractivity contribution is -0.143. The summed E-state index contributed by atoms with van der Waals surface area (Å²) in [6, 6.07) is -0.738. The van der Waals surface area contributed by atoms with E-state index < -0.39 is 24.4 Å². The molecule has 0 aliphatic carbocycles. The Kier molecular flexibility index (Phi) is 6.27. The molecule has 1 rings (SSSR count). The number of hydrogen-bond donors (Lipinski definition) is 3. The van der Waals surface area contributed by atoms with Crippen LogP contribution < -0.4 is 10.6 Å². The summed E-state index contributed by atoms with van der Waals surface area (Å²) in [4.78, 5) is 13.0. The van der Waals surface area contributed by atoms with E-state index in [4.69, 9.17) is 0 Å². The molecular weight excluding hydrogens is 287 g/mol. The fraction of sp³-hybridized carbons (Fsp3) is 0.923. The van der Waals surface area contributed by atoms with Gasteiger partial charge in [-0.2, -0.15) is 13.2 Å². The Hall–Kier alpha value is -1.02. The van der Waals surface area contributed by atoms with Gasteiger partial charge in [0, 0.05) is 25.7 Å². The highest BCUT2D eigenvalue weighted by Gasteiger charge is 2.34. The van der Waals surface area contributed by atoms with Gasteiger partial charge in [0.05, 0.1) is 12.1 Å². The Morgan fingerprint density at radius 2 is 1.95 bits per heavy atom. The lowest BCUT2D eigenvalue weighted by Crippen LogP contribution is -2.49. The smallest absolute Gasteiger partial charge is 0.388 e. The van der Waals surface area contributed by atoms with Gasteiger partial charge in [0.2, 0.25) is 0 Å². The molecule has 124 valence electrons. The fourth-order valence-electron chi connectivity index (χ4n) is 2.33. The topological polar surface area (TPSA) is 64.6 Å². The molecule has 0 saturated carbocycles. The number of alkyl halides is 3. The number of carbonyl (C=O) groups is 1. The second-order valence-electron chi connectivity index (χ2n) is 5.59. The van der Waals surface area contributed by atoms with Gasteiger partial charge in [0.15, 0.2) is 0 Å². The summed E-state index contributed by atoms with van der Waals surface area (Å²) >= 11 is 0. The van der Waals surface area contributed by atoms with Crippen LogP contribution in [0.3, 0.4) is 0 Å². The molecule has 0 aromatic carbocycles. The molecule has 0 aromatic heterocycles. The van der Waals surface area contributed by atoms with Crippen molar-refractivity contribution in [3.63, 3.8) is 0 Å². The first kappa shape index (κ1) is 18.0. The molecule has 1 saturated heterocycles. The van der Waals surface area contributed by atoms with Crippen molar-refractivity contribution in [1.29, 1.82) is 0 Å². The second-order valence-corrected chi connectivity index (χ2v) is 5.59. The SMILES string of the molecule is CCC(O)(CC)CNC(=O)NC1CCN(CC(F)(F)F)C1. The monoisotopic (exact) mass is 311 g/mol. The Labute approximate surface area is 122 Å². The van der Waals surface area contributed by atoms with Crippen LogP contribution in [0.2, 0.25) is 0 Å². The van der Waals surface area contributed by atoms with Gasteiger partial charge >= 0.3 is 12.2 Å². The maximum atomic E-state index is 12.3. The zero-order valence-corrected chi connectivity index (χ0v) is 12.5. The van der Waals surface area contributed by atoms with Gasteiger partial charge in [0.25, 0.3) is 0 Å². The number of nitrogens with one attached hydrogen (secondary N) is 2. The predicted molar refractivity (Wildman–Crippen MR) is 73.0 cm³/mol. The van der Waals surface area contributed by atoms with Crippen LogP contribution in [-0.2, 0) is 0 Å². The van der Waals surface area contributed by atoms with E-state index in [-0.39, 0.29) is 19.1 Å². The number of halogens is 3. The molecule has 1 atom stereocenters. The highest BCUT2D eigenvalue weighted by molar-refractivity contribution is 5.74. The van der Waals surface area contributed by atoms with Gasteiger partial charge in [-0.1, -0.05) is 13.8 Å². The van der Waals surface area contributed by atoms with E-state index in [0.29, 0.717) is 25.8 Å². The fourth-order valence-corrected chi connectivity index (χ4v) is 2.33. The zero-order chi connectivity index (χ0) is 16.1. The van der Waals surface area contributed by atoms with Crippen molar-refractivity contribution in [1.82, 2.24) is 15.5 Å². The average Bonchev–Trinajstić information content (AvgIpc) is 2.81. The molecule has 1 fully saturated rings. The first-order valence-electron chi connectivity index (χ1n) is 7.23. The largest absolute Gasteiger partial charge is 0.401 e. The number of aliphatic hydroxyl groups is 1. The maximum absolute atomic E-state index is 12.3. The van der Waals surface area contributed by atoms with Gasteiger partial charge in [-0.3, -0.25) is 4.90 Å². The summed E-state index contributed by atoms with van der Waals surface area (Å²) in [5.74, 6) is 0. The molecule has 2 amide bonds. The van der Waals surface area contributed by atoms with E-state index in [1.807, 2.05) is 13.8 Å². The van der Waals surface area contributed by atoms with Crippen molar-refractivity contribution < 1.29 is 23.1 Å². The second kappa shape index (κ2) is 7.31. The molecule has 21 heavy (non-hydrogen) atoms. The first-order chi connectivity index (χ1) is 9.67. The Morgan fingerprint density at radius 1 is 1.33 bits per heavy atom. The minimum absolute atomic E-state index is 0.130. The van der Waals surface area contributed by atoms with Crippen LogP contribution in [-0.4, -0.2) is 60.0 Å². The highest BCUT2D eigenvalue weighted by atomic mass is 19.4. The van der Waals surface area contributed by atoms with E-state index >= 15 is 0 Å². The molecule has 8 heteroatoms. The summed E-state index contributed by atoms with van der Waals surface area (Å²) in [6.07, 6.45) is -2.68. The highest BCUT2D eigenvalue weighted by Crippen LogP contribution is 2.20. The third-order valence-electron chi connectivity index (χ3n) is 3.90. The summed E-state index contributed by atoms with van der Waals surface area (Å²) < 4.78 is 36.8. The summed E-state index contributed by atoms with van der Waals surface area (Å²) in [5, 5.41) is 15.3. The van der Waals surface area contributed by atoms with Gasteiger partial charge in [0.1, 0.15) is 0 Å². The van der Waals surface area contributed by atoms with E-state index in [9.17, 15) is 23.1 Å². The average molecular weight is 311 g/mol. The normalized spacial score (nSPS) is 20.6. The first-order valence-corrected chi connectivity index (χ1v) is 7.23. The lowest BCUT2D eigenvalue weighted by atomic mass is 9.98.